The molecule has 1 aromatic heterocycles. The van der Waals surface area contributed by atoms with Crippen LogP contribution in [0.1, 0.15) is 26.6 Å². The largest absolute Gasteiger partial charge is 0.240 e. The third-order valence-corrected chi connectivity index (χ3v) is 11.4. The van der Waals surface area contributed by atoms with Gasteiger partial charge in [0.25, 0.3) is 0 Å². The predicted molar refractivity (Wildman–Crippen MR) is 150 cm³/mol. The third-order valence-electron chi connectivity index (χ3n) is 6.59. The Balaban J connectivity index is 1.68. The van der Waals surface area contributed by atoms with Crippen molar-refractivity contribution in [2.75, 3.05) is 0 Å². The second-order valence-electron chi connectivity index (χ2n) is 9.97. The summed E-state index contributed by atoms with van der Waals surface area (Å²) in [6, 6.07) is 42.1. The fourth-order valence-electron chi connectivity index (χ4n) is 4.84. The van der Waals surface area contributed by atoms with E-state index < -0.39 is 8.07 Å². The Kier molecular flexibility index (Phi) is 6.19. The maximum atomic E-state index is 4.64. The van der Waals surface area contributed by atoms with Crippen molar-refractivity contribution in [1.82, 2.24) is 9.97 Å². The van der Waals surface area contributed by atoms with Crippen LogP contribution in [-0.4, -0.2) is 18.0 Å². The SMILES string of the molecule is CC(C)(C)c1ncc(-c2ccc([Si](c3ccccc3)(c3ccccc3)c3ccccc3)cc2)cn1. The molecule has 0 N–H and O–H groups in total. The molecule has 0 bridgehead atoms. The minimum absolute atomic E-state index is 0.0609. The summed E-state index contributed by atoms with van der Waals surface area (Å²) in [4.78, 5) is 9.28. The van der Waals surface area contributed by atoms with Crippen LogP contribution in [0.15, 0.2) is 128 Å². The van der Waals surface area contributed by atoms with E-state index in [1.807, 2.05) is 12.4 Å². The second-order valence-corrected chi connectivity index (χ2v) is 13.8. The first-order chi connectivity index (χ1) is 17.0. The molecule has 0 unspecified atom stereocenters. The van der Waals surface area contributed by atoms with E-state index in [2.05, 4.69) is 146 Å². The van der Waals surface area contributed by atoms with E-state index in [-0.39, 0.29) is 5.41 Å². The molecule has 172 valence electrons. The summed E-state index contributed by atoms with van der Waals surface area (Å²) >= 11 is 0. The second kappa shape index (κ2) is 9.44. The normalized spacial score (nSPS) is 11.9. The van der Waals surface area contributed by atoms with Gasteiger partial charge < -0.3 is 0 Å². The lowest BCUT2D eigenvalue weighted by Crippen LogP contribution is -2.74. The van der Waals surface area contributed by atoms with Gasteiger partial charge in [-0.2, -0.15) is 0 Å². The van der Waals surface area contributed by atoms with Crippen molar-refractivity contribution >= 4 is 28.8 Å². The number of hydrogen-bond acceptors (Lipinski definition) is 2. The van der Waals surface area contributed by atoms with Gasteiger partial charge in [-0.25, -0.2) is 9.97 Å². The predicted octanol–water partition coefficient (Wildman–Crippen LogP) is 4.82. The van der Waals surface area contributed by atoms with Gasteiger partial charge in [-0.1, -0.05) is 136 Å². The number of benzene rings is 4. The molecule has 5 rings (SSSR count). The van der Waals surface area contributed by atoms with E-state index in [1.54, 1.807) is 0 Å². The van der Waals surface area contributed by atoms with Gasteiger partial charge in [0.05, 0.1) is 0 Å². The topological polar surface area (TPSA) is 25.8 Å². The quantitative estimate of drug-likeness (QED) is 0.272. The van der Waals surface area contributed by atoms with Gasteiger partial charge in [0.15, 0.2) is 8.07 Å². The van der Waals surface area contributed by atoms with Crippen LogP contribution in [-0.2, 0) is 5.41 Å². The lowest BCUT2D eigenvalue weighted by molar-refractivity contribution is 0.545. The molecule has 2 nitrogen and oxygen atoms in total. The summed E-state index contributed by atoms with van der Waals surface area (Å²) in [7, 11) is -2.49. The van der Waals surface area contributed by atoms with E-state index in [9.17, 15) is 0 Å². The fraction of sp³-hybridized carbons (Fsp3) is 0.125. The summed E-state index contributed by atoms with van der Waals surface area (Å²) < 4.78 is 0. The van der Waals surface area contributed by atoms with Gasteiger partial charge in [-0.05, 0) is 26.3 Å². The summed E-state index contributed by atoms with van der Waals surface area (Å²) in [5, 5.41) is 5.49. The first-order valence-electron chi connectivity index (χ1n) is 12.1. The van der Waals surface area contributed by atoms with Crippen LogP contribution >= 0.6 is 0 Å². The lowest BCUT2D eigenvalue weighted by Gasteiger charge is -2.34. The molecule has 0 aliphatic carbocycles. The van der Waals surface area contributed by atoms with Gasteiger partial charge in [-0.3, -0.25) is 0 Å². The van der Waals surface area contributed by atoms with Crippen molar-refractivity contribution in [1.29, 1.82) is 0 Å². The molecule has 4 aromatic carbocycles. The van der Waals surface area contributed by atoms with Crippen molar-refractivity contribution < 1.29 is 0 Å². The summed E-state index contributed by atoms with van der Waals surface area (Å²) in [6.45, 7) is 6.41. The molecule has 0 spiro atoms. The highest BCUT2D eigenvalue weighted by atomic mass is 28.3. The van der Waals surface area contributed by atoms with Crippen molar-refractivity contribution in [2.24, 2.45) is 0 Å². The van der Waals surface area contributed by atoms with Crippen molar-refractivity contribution in [3.05, 3.63) is 133 Å². The molecule has 0 saturated heterocycles. The van der Waals surface area contributed by atoms with Gasteiger partial charge >= 0.3 is 0 Å². The van der Waals surface area contributed by atoms with Crippen LogP contribution in [0.25, 0.3) is 11.1 Å². The molecular weight excluding hydrogens is 440 g/mol. The average Bonchev–Trinajstić information content (AvgIpc) is 2.91. The highest BCUT2D eigenvalue weighted by molar-refractivity contribution is 7.19. The molecule has 35 heavy (non-hydrogen) atoms. The van der Waals surface area contributed by atoms with Gasteiger partial charge in [0, 0.05) is 23.4 Å². The van der Waals surface area contributed by atoms with E-state index in [4.69, 9.17) is 0 Å². The zero-order valence-corrected chi connectivity index (χ0v) is 21.5. The highest BCUT2D eigenvalue weighted by Crippen LogP contribution is 2.22. The molecule has 0 amide bonds. The lowest BCUT2D eigenvalue weighted by atomic mass is 9.95. The molecular formula is C32H30N2Si. The zero-order chi connectivity index (χ0) is 24.3. The van der Waals surface area contributed by atoms with Gasteiger partial charge in [-0.15, -0.1) is 0 Å². The Hall–Kier alpha value is -3.82. The van der Waals surface area contributed by atoms with Crippen LogP contribution < -0.4 is 20.7 Å². The van der Waals surface area contributed by atoms with Crippen LogP contribution in [0.3, 0.4) is 0 Å². The summed E-state index contributed by atoms with van der Waals surface area (Å²) in [6.07, 6.45) is 3.89. The summed E-state index contributed by atoms with van der Waals surface area (Å²) in [5.41, 5.74) is 2.11. The Bertz CT molecular complexity index is 1280. The fourth-order valence-corrected chi connectivity index (χ4v) is 9.59. The molecule has 0 fully saturated rings. The number of hydrogen-bond donors (Lipinski definition) is 0. The van der Waals surface area contributed by atoms with Gasteiger partial charge in [0.1, 0.15) is 5.82 Å². The van der Waals surface area contributed by atoms with E-state index in [0.717, 1.165) is 17.0 Å². The van der Waals surface area contributed by atoms with E-state index in [1.165, 1.54) is 20.7 Å². The minimum atomic E-state index is -2.49. The minimum Gasteiger partial charge on any atom is -0.240 e. The molecule has 0 saturated carbocycles. The first kappa shape index (κ1) is 22.9. The Labute approximate surface area is 209 Å². The molecule has 1 heterocycles. The van der Waals surface area contributed by atoms with Crippen LogP contribution in [0, 0.1) is 0 Å². The molecule has 0 atom stereocenters. The summed E-state index contributed by atoms with van der Waals surface area (Å²) in [5.74, 6) is 0.863. The highest BCUT2D eigenvalue weighted by Gasteiger charge is 2.41. The maximum Gasteiger partial charge on any atom is 0.179 e. The van der Waals surface area contributed by atoms with E-state index >= 15 is 0 Å². The monoisotopic (exact) mass is 470 g/mol. The van der Waals surface area contributed by atoms with Crippen LogP contribution in [0.2, 0.25) is 0 Å². The molecule has 0 aliphatic rings. The Morgan fingerprint density at radius 3 is 1.20 bits per heavy atom. The Morgan fingerprint density at radius 1 is 0.457 bits per heavy atom. The van der Waals surface area contributed by atoms with Crippen molar-refractivity contribution in [3.8, 4) is 11.1 Å². The van der Waals surface area contributed by atoms with E-state index in [0.29, 0.717) is 0 Å². The van der Waals surface area contributed by atoms with Crippen LogP contribution in [0.5, 0.6) is 0 Å². The Morgan fingerprint density at radius 2 is 0.829 bits per heavy atom. The molecule has 5 aromatic rings. The van der Waals surface area contributed by atoms with Crippen molar-refractivity contribution in [2.45, 2.75) is 26.2 Å². The van der Waals surface area contributed by atoms with Crippen LogP contribution in [0.4, 0.5) is 0 Å². The smallest absolute Gasteiger partial charge is 0.179 e. The molecule has 0 aliphatic heterocycles. The molecule has 3 heteroatoms. The number of nitrogens with zero attached hydrogens (tertiary/aromatic N) is 2. The number of rotatable bonds is 5. The zero-order valence-electron chi connectivity index (χ0n) is 20.5. The standard InChI is InChI=1S/C32H30N2Si/c1-32(2,3)31-33-23-26(24-34-31)25-19-21-30(22-20-25)35(27-13-7-4-8-14-27,28-15-9-5-10-16-28)29-17-11-6-12-18-29/h4-24H,1-3H3. The average molecular weight is 471 g/mol. The molecule has 0 radical (unpaired) electrons. The van der Waals surface area contributed by atoms with Crippen molar-refractivity contribution in [3.63, 3.8) is 0 Å². The maximum absolute atomic E-state index is 4.64. The first-order valence-corrected chi connectivity index (χ1v) is 14.1. The van der Waals surface area contributed by atoms with Gasteiger partial charge in [0.2, 0.25) is 0 Å². The third kappa shape index (κ3) is 4.35. The number of aromatic nitrogens is 2.